The highest BCUT2D eigenvalue weighted by Crippen LogP contribution is 2.57. The molecule has 12 heteroatoms. The van der Waals surface area contributed by atoms with Crippen molar-refractivity contribution in [3.05, 3.63) is 30.3 Å². The van der Waals surface area contributed by atoms with E-state index in [1.807, 2.05) is 0 Å². The largest absolute Gasteiger partial charge is 0.360 e. The number of piperidine rings is 3. The fourth-order valence-electron chi connectivity index (χ4n) is 5.44. The maximum Gasteiger partial charge on any atom is 0.330 e. The summed E-state index contributed by atoms with van der Waals surface area (Å²) in [4.78, 5) is 40.6. The van der Waals surface area contributed by atoms with Crippen molar-refractivity contribution in [1.29, 1.82) is 0 Å². The second-order valence-corrected chi connectivity index (χ2v) is 9.01. The van der Waals surface area contributed by atoms with Crippen molar-refractivity contribution in [1.82, 2.24) is 0 Å². The fourth-order valence-corrected chi connectivity index (χ4v) is 5.44. The maximum absolute atomic E-state index is 12.5. The lowest BCUT2D eigenvalue weighted by Crippen LogP contribution is -2.36. The van der Waals surface area contributed by atoms with Crippen molar-refractivity contribution in [3.8, 4) is 0 Å². The van der Waals surface area contributed by atoms with Crippen LogP contribution in [0.4, 0.5) is 34.1 Å². The maximum atomic E-state index is 12.5. The first kappa shape index (κ1) is 23.0. The summed E-state index contributed by atoms with van der Waals surface area (Å²) in [5.74, 6) is 0. The Morgan fingerprint density at radius 1 is 0.424 bits per heavy atom. The van der Waals surface area contributed by atoms with Gasteiger partial charge in [0.25, 0.3) is 0 Å². The van der Waals surface area contributed by atoms with Crippen molar-refractivity contribution in [2.75, 3.05) is 54.0 Å². The molecule has 33 heavy (non-hydrogen) atoms. The lowest BCUT2D eigenvalue weighted by Gasteiger charge is -2.35. The van der Waals surface area contributed by atoms with Crippen LogP contribution in [0, 0.1) is 30.3 Å². The van der Waals surface area contributed by atoms with Crippen LogP contribution in [0.25, 0.3) is 0 Å². The molecule has 3 heterocycles. The molecule has 0 unspecified atom stereocenters. The number of hydrogen-bond acceptors (Lipinski definition) is 9. The zero-order valence-corrected chi connectivity index (χ0v) is 18.7. The molecular formula is C21H30N6O6. The Morgan fingerprint density at radius 2 is 0.636 bits per heavy atom. The normalized spacial score (nSPS) is 19.5. The van der Waals surface area contributed by atoms with E-state index in [0.717, 1.165) is 57.8 Å². The third-order valence-electron chi connectivity index (χ3n) is 6.91. The predicted molar refractivity (Wildman–Crippen MR) is 125 cm³/mol. The minimum Gasteiger partial charge on any atom is -0.360 e. The number of benzene rings is 1. The van der Waals surface area contributed by atoms with Gasteiger partial charge in [0.05, 0.1) is 14.8 Å². The van der Waals surface area contributed by atoms with E-state index < -0.39 is 31.8 Å². The van der Waals surface area contributed by atoms with E-state index >= 15 is 0 Å². The van der Waals surface area contributed by atoms with Crippen molar-refractivity contribution in [3.63, 3.8) is 0 Å². The molecule has 3 aliphatic rings. The van der Waals surface area contributed by atoms with E-state index in [1.54, 1.807) is 14.7 Å². The van der Waals surface area contributed by atoms with Crippen molar-refractivity contribution < 1.29 is 14.8 Å². The first-order valence-corrected chi connectivity index (χ1v) is 11.8. The Balaban J connectivity index is 2.10. The van der Waals surface area contributed by atoms with E-state index in [2.05, 4.69) is 0 Å². The average molecular weight is 463 g/mol. The van der Waals surface area contributed by atoms with Gasteiger partial charge in [-0.1, -0.05) is 0 Å². The minimum absolute atomic E-state index is 0.0588. The Kier molecular flexibility index (Phi) is 6.80. The first-order chi connectivity index (χ1) is 15.9. The SMILES string of the molecule is O=[N+]([O-])c1c(N2CCCCC2)c([N+](=O)[O-])c(N2CCCCC2)c([N+](=O)[O-])c1N1CCCCC1. The van der Waals surface area contributed by atoms with Gasteiger partial charge in [0.1, 0.15) is 0 Å². The quantitative estimate of drug-likeness (QED) is 0.445. The lowest BCUT2D eigenvalue weighted by atomic mass is 10.0. The molecule has 0 aliphatic carbocycles. The van der Waals surface area contributed by atoms with E-state index in [0.29, 0.717) is 39.3 Å². The fraction of sp³-hybridized carbons (Fsp3) is 0.714. The summed E-state index contributed by atoms with van der Waals surface area (Å²) in [6.07, 6.45) is 7.45. The number of nitro benzene ring substituents is 3. The smallest absolute Gasteiger partial charge is 0.330 e. The van der Waals surface area contributed by atoms with Crippen LogP contribution in [-0.2, 0) is 0 Å². The Bertz CT molecular complexity index is 796. The summed E-state index contributed by atoms with van der Waals surface area (Å²) >= 11 is 0. The van der Waals surface area contributed by atoms with Crippen LogP contribution in [0.15, 0.2) is 0 Å². The van der Waals surface area contributed by atoms with Gasteiger partial charge in [-0.2, -0.15) is 0 Å². The van der Waals surface area contributed by atoms with Gasteiger partial charge in [0.15, 0.2) is 17.1 Å². The average Bonchev–Trinajstić information content (AvgIpc) is 2.83. The van der Waals surface area contributed by atoms with Crippen LogP contribution in [-0.4, -0.2) is 54.0 Å². The number of hydrogen-bond donors (Lipinski definition) is 0. The second-order valence-electron chi connectivity index (χ2n) is 9.01. The third-order valence-corrected chi connectivity index (χ3v) is 6.91. The van der Waals surface area contributed by atoms with Gasteiger partial charge in [0.2, 0.25) is 0 Å². The molecular weight excluding hydrogens is 432 g/mol. The lowest BCUT2D eigenvalue weighted by molar-refractivity contribution is -0.400. The summed E-state index contributed by atoms with van der Waals surface area (Å²) in [6.45, 7) is 2.74. The van der Waals surface area contributed by atoms with Crippen molar-refractivity contribution in [2.45, 2.75) is 57.8 Å². The van der Waals surface area contributed by atoms with Gasteiger partial charge in [-0.15, -0.1) is 0 Å². The molecule has 3 saturated heterocycles. The summed E-state index contributed by atoms with van der Waals surface area (Å²) in [5, 5.41) is 37.4. The number of anilines is 3. The van der Waals surface area contributed by atoms with Gasteiger partial charge < -0.3 is 14.7 Å². The number of nitro groups is 3. The van der Waals surface area contributed by atoms with Crippen LogP contribution < -0.4 is 14.7 Å². The Hall–Kier alpha value is -3.18. The molecule has 0 amide bonds. The molecule has 0 atom stereocenters. The molecule has 1 aromatic carbocycles. The summed E-state index contributed by atoms with van der Waals surface area (Å²) in [7, 11) is 0. The summed E-state index contributed by atoms with van der Waals surface area (Å²) in [5.41, 5.74) is -1.64. The molecule has 0 N–H and O–H groups in total. The zero-order chi connectivity index (χ0) is 23.5. The highest BCUT2D eigenvalue weighted by Gasteiger charge is 2.48. The second kappa shape index (κ2) is 9.75. The zero-order valence-electron chi connectivity index (χ0n) is 18.7. The number of rotatable bonds is 6. The molecule has 4 rings (SSSR count). The van der Waals surface area contributed by atoms with Crippen LogP contribution in [0.5, 0.6) is 0 Å². The van der Waals surface area contributed by atoms with Gasteiger partial charge >= 0.3 is 17.1 Å². The predicted octanol–water partition coefficient (Wildman–Crippen LogP) is 4.38. The van der Waals surface area contributed by atoms with Gasteiger partial charge in [0, 0.05) is 39.3 Å². The van der Waals surface area contributed by atoms with Crippen molar-refractivity contribution in [2.24, 2.45) is 0 Å². The van der Waals surface area contributed by atoms with E-state index in [9.17, 15) is 30.3 Å². The molecule has 0 saturated carbocycles. The number of nitrogens with zero attached hydrogens (tertiary/aromatic N) is 6. The molecule has 12 nitrogen and oxygen atoms in total. The monoisotopic (exact) mass is 462 g/mol. The molecule has 3 aliphatic heterocycles. The van der Waals surface area contributed by atoms with E-state index in [4.69, 9.17) is 0 Å². The molecule has 0 radical (unpaired) electrons. The van der Waals surface area contributed by atoms with Crippen LogP contribution in [0.3, 0.4) is 0 Å². The highest BCUT2D eigenvalue weighted by molar-refractivity contribution is 6.01. The van der Waals surface area contributed by atoms with Crippen LogP contribution in [0.1, 0.15) is 57.8 Å². The first-order valence-electron chi connectivity index (χ1n) is 11.8. The molecule has 3 fully saturated rings. The Morgan fingerprint density at radius 3 is 0.818 bits per heavy atom. The molecule has 1 aromatic rings. The Labute approximate surface area is 191 Å². The standard InChI is InChI=1S/C21H30N6O6/c28-25(29)19-16(22-10-4-1-5-11-22)20(26(30)31)18(24-14-8-3-9-15-24)21(27(32)33)17(19)23-12-6-2-7-13-23/h1-15H2. The molecule has 0 spiro atoms. The molecule has 0 bridgehead atoms. The van der Waals surface area contributed by atoms with Crippen molar-refractivity contribution >= 4 is 34.1 Å². The molecule has 0 aromatic heterocycles. The van der Waals surface area contributed by atoms with E-state index in [1.165, 1.54) is 0 Å². The minimum atomic E-state index is -0.645. The third kappa shape index (κ3) is 4.38. The van der Waals surface area contributed by atoms with Gasteiger partial charge in [-0.25, -0.2) is 0 Å². The topological polar surface area (TPSA) is 139 Å². The summed E-state index contributed by atoms with van der Waals surface area (Å²) < 4.78 is 0. The molecule has 180 valence electrons. The van der Waals surface area contributed by atoms with Crippen LogP contribution >= 0.6 is 0 Å². The van der Waals surface area contributed by atoms with Crippen LogP contribution in [0.2, 0.25) is 0 Å². The highest BCUT2D eigenvalue weighted by atomic mass is 16.6. The summed E-state index contributed by atoms with van der Waals surface area (Å²) in [6, 6.07) is 0. The van der Waals surface area contributed by atoms with E-state index in [-0.39, 0.29) is 17.1 Å². The van der Waals surface area contributed by atoms with Gasteiger partial charge in [-0.05, 0) is 57.8 Å². The van der Waals surface area contributed by atoms with Gasteiger partial charge in [-0.3, -0.25) is 30.3 Å².